The molecule has 0 unspecified atom stereocenters. The first-order valence-corrected chi connectivity index (χ1v) is 3.16. The Morgan fingerprint density at radius 2 is 2.30 bits per heavy atom. The Morgan fingerprint density at radius 1 is 1.60 bits per heavy atom. The molecule has 0 N–H and O–H groups in total. The number of hydrogen-bond donors (Lipinski definition) is 0. The standard InChI is InChI=1S/C7H8O3/c1-2-6-7(9)5(8)3-4-10-6/h3-4,6H,2H2,1H3/t6-/m0/s1. The van der Waals surface area contributed by atoms with Crippen LogP contribution in [0.25, 0.3) is 0 Å². The van der Waals surface area contributed by atoms with E-state index in [1.807, 2.05) is 0 Å². The highest BCUT2D eigenvalue weighted by atomic mass is 16.5. The first-order valence-electron chi connectivity index (χ1n) is 3.16. The maximum absolute atomic E-state index is 10.8. The van der Waals surface area contributed by atoms with Crippen LogP contribution in [0.5, 0.6) is 0 Å². The largest absolute Gasteiger partial charge is 0.490 e. The van der Waals surface area contributed by atoms with Crippen molar-refractivity contribution in [2.75, 3.05) is 0 Å². The van der Waals surface area contributed by atoms with Gasteiger partial charge in [0.25, 0.3) is 0 Å². The van der Waals surface area contributed by atoms with Crippen molar-refractivity contribution in [2.45, 2.75) is 19.4 Å². The molecule has 0 radical (unpaired) electrons. The van der Waals surface area contributed by atoms with Gasteiger partial charge in [-0.25, -0.2) is 0 Å². The van der Waals surface area contributed by atoms with Crippen molar-refractivity contribution in [3.8, 4) is 0 Å². The number of ether oxygens (including phenoxy) is 1. The molecule has 0 aromatic heterocycles. The molecule has 0 aromatic carbocycles. The maximum Gasteiger partial charge on any atom is 0.243 e. The van der Waals surface area contributed by atoms with Crippen LogP contribution < -0.4 is 0 Å². The van der Waals surface area contributed by atoms with Crippen LogP contribution in [0.3, 0.4) is 0 Å². The molecule has 0 amide bonds. The van der Waals surface area contributed by atoms with Gasteiger partial charge in [-0.05, 0) is 6.42 Å². The summed E-state index contributed by atoms with van der Waals surface area (Å²) in [4.78, 5) is 21.5. The third-order valence-electron chi connectivity index (χ3n) is 1.37. The molecule has 0 fully saturated rings. The van der Waals surface area contributed by atoms with E-state index in [0.717, 1.165) is 6.08 Å². The summed E-state index contributed by atoms with van der Waals surface area (Å²) in [6.45, 7) is 1.80. The average Bonchev–Trinajstić information content (AvgIpc) is 1.95. The summed E-state index contributed by atoms with van der Waals surface area (Å²) in [5.74, 6) is -0.900. The fraction of sp³-hybridized carbons (Fsp3) is 0.429. The topological polar surface area (TPSA) is 43.4 Å². The van der Waals surface area contributed by atoms with Crippen LogP contribution in [0.1, 0.15) is 13.3 Å². The quantitative estimate of drug-likeness (QED) is 0.496. The van der Waals surface area contributed by atoms with Crippen LogP contribution in [0.15, 0.2) is 12.3 Å². The van der Waals surface area contributed by atoms with Crippen molar-refractivity contribution in [1.82, 2.24) is 0 Å². The Labute approximate surface area is 58.7 Å². The number of allylic oxidation sites excluding steroid dienone is 1. The molecular weight excluding hydrogens is 132 g/mol. The summed E-state index contributed by atoms with van der Waals surface area (Å²) in [7, 11) is 0. The van der Waals surface area contributed by atoms with Gasteiger partial charge in [0.15, 0.2) is 6.10 Å². The van der Waals surface area contributed by atoms with Crippen molar-refractivity contribution < 1.29 is 14.3 Å². The van der Waals surface area contributed by atoms with Crippen molar-refractivity contribution in [1.29, 1.82) is 0 Å². The highest BCUT2D eigenvalue weighted by Crippen LogP contribution is 2.06. The van der Waals surface area contributed by atoms with E-state index in [1.54, 1.807) is 6.92 Å². The number of carbonyl (C=O) groups is 2. The smallest absolute Gasteiger partial charge is 0.243 e. The number of hydrogen-bond acceptors (Lipinski definition) is 3. The van der Waals surface area contributed by atoms with Crippen LogP contribution in [0.2, 0.25) is 0 Å². The number of ketones is 2. The molecule has 1 rings (SSSR count). The van der Waals surface area contributed by atoms with Gasteiger partial charge in [0.1, 0.15) is 0 Å². The third-order valence-corrected chi connectivity index (χ3v) is 1.37. The van der Waals surface area contributed by atoms with Gasteiger partial charge in [0, 0.05) is 6.08 Å². The minimum Gasteiger partial charge on any atom is -0.490 e. The van der Waals surface area contributed by atoms with E-state index >= 15 is 0 Å². The summed E-state index contributed by atoms with van der Waals surface area (Å²) >= 11 is 0. The average molecular weight is 140 g/mol. The molecule has 1 heterocycles. The molecule has 1 aliphatic heterocycles. The van der Waals surface area contributed by atoms with E-state index in [1.165, 1.54) is 6.26 Å². The van der Waals surface area contributed by atoms with Crippen LogP contribution in [-0.4, -0.2) is 17.7 Å². The summed E-state index contributed by atoms with van der Waals surface area (Å²) in [6.07, 6.45) is 2.43. The maximum atomic E-state index is 10.8. The molecule has 0 saturated heterocycles. The Morgan fingerprint density at radius 3 is 2.80 bits per heavy atom. The molecule has 1 aliphatic rings. The fourth-order valence-electron chi connectivity index (χ4n) is 0.780. The lowest BCUT2D eigenvalue weighted by molar-refractivity contribution is -0.141. The molecule has 0 aromatic rings. The van der Waals surface area contributed by atoms with Crippen LogP contribution in [-0.2, 0) is 14.3 Å². The first-order chi connectivity index (χ1) is 4.75. The zero-order valence-electron chi connectivity index (χ0n) is 5.66. The molecule has 0 saturated carbocycles. The van der Waals surface area contributed by atoms with Crippen LogP contribution in [0.4, 0.5) is 0 Å². The lowest BCUT2D eigenvalue weighted by Crippen LogP contribution is -2.31. The van der Waals surface area contributed by atoms with Crippen LogP contribution >= 0.6 is 0 Å². The SMILES string of the molecule is CC[C@@H]1OC=CC(=O)C1=O. The predicted molar refractivity (Wildman–Crippen MR) is 34.3 cm³/mol. The van der Waals surface area contributed by atoms with E-state index in [9.17, 15) is 9.59 Å². The highest BCUT2D eigenvalue weighted by molar-refractivity contribution is 6.43. The van der Waals surface area contributed by atoms with E-state index in [0.29, 0.717) is 6.42 Å². The predicted octanol–water partition coefficient (Wildman–Crippen LogP) is 0.447. The van der Waals surface area contributed by atoms with Gasteiger partial charge in [-0.3, -0.25) is 9.59 Å². The minimum atomic E-state index is -0.544. The van der Waals surface area contributed by atoms with Crippen molar-refractivity contribution >= 4 is 11.6 Å². The van der Waals surface area contributed by atoms with Gasteiger partial charge >= 0.3 is 0 Å². The first kappa shape index (κ1) is 6.99. The van der Waals surface area contributed by atoms with Gasteiger partial charge in [-0.15, -0.1) is 0 Å². The molecule has 54 valence electrons. The van der Waals surface area contributed by atoms with Crippen molar-refractivity contribution in [3.05, 3.63) is 12.3 Å². The molecule has 3 heteroatoms. The molecule has 0 aliphatic carbocycles. The molecule has 1 atom stereocenters. The molecule has 10 heavy (non-hydrogen) atoms. The number of carbonyl (C=O) groups excluding carboxylic acids is 2. The van der Waals surface area contributed by atoms with Gasteiger partial charge in [-0.1, -0.05) is 6.92 Å². The van der Waals surface area contributed by atoms with E-state index in [-0.39, 0.29) is 0 Å². The number of Topliss-reactive ketones (excluding diaryl/α,β-unsaturated/α-hetero) is 1. The Bertz CT molecular complexity index is 193. The van der Waals surface area contributed by atoms with E-state index in [2.05, 4.69) is 0 Å². The summed E-state index contributed by atoms with van der Waals surface area (Å²) < 4.78 is 4.86. The summed E-state index contributed by atoms with van der Waals surface area (Å²) in [5.41, 5.74) is 0. The molecule has 0 bridgehead atoms. The van der Waals surface area contributed by atoms with Gasteiger partial charge in [0.2, 0.25) is 11.6 Å². The molecular formula is C7H8O3. The van der Waals surface area contributed by atoms with Crippen molar-refractivity contribution in [2.24, 2.45) is 0 Å². The van der Waals surface area contributed by atoms with E-state index < -0.39 is 17.7 Å². The van der Waals surface area contributed by atoms with Crippen molar-refractivity contribution in [3.63, 3.8) is 0 Å². The van der Waals surface area contributed by atoms with Gasteiger partial charge < -0.3 is 4.74 Å². The normalized spacial score (nSPS) is 24.7. The Hall–Kier alpha value is -1.12. The lowest BCUT2D eigenvalue weighted by atomic mass is 10.1. The minimum absolute atomic E-state index is 0.440. The second-order valence-corrected chi connectivity index (χ2v) is 2.06. The van der Waals surface area contributed by atoms with E-state index in [4.69, 9.17) is 4.74 Å². The zero-order valence-corrected chi connectivity index (χ0v) is 5.66. The zero-order chi connectivity index (χ0) is 7.56. The Balaban J connectivity index is 2.74. The lowest BCUT2D eigenvalue weighted by Gasteiger charge is -2.14. The number of rotatable bonds is 1. The van der Waals surface area contributed by atoms with Gasteiger partial charge in [0.05, 0.1) is 6.26 Å². The fourth-order valence-corrected chi connectivity index (χ4v) is 0.780. The molecule has 3 nitrogen and oxygen atoms in total. The van der Waals surface area contributed by atoms with Gasteiger partial charge in [-0.2, -0.15) is 0 Å². The summed E-state index contributed by atoms with van der Waals surface area (Å²) in [5, 5.41) is 0. The second-order valence-electron chi connectivity index (χ2n) is 2.06. The highest BCUT2D eigenvalue weighted by Gasteiger charge is 2.25. The van der Waals surface area contributed by atoms with Crippen LogP contribution in [0, 0.1) is 0 Å². The Kier molecular flexibility index (Phi) is 1.85. The second kappa shape index (κ2) is 2.64. The molecule has 0 spiro atoms. The third kappa shape index (κ3) is 1.07. The summed E-state index contributed by atoms with van der Waals surface area (Å²) in [6, 6.07) is 0. The monoisotopic (exact) mass is 140 g/mol.